The molecule has 0 bridgehead atoms. The Balaban J connectivity index is 0.000000313. The van der Waals surface area contributed by atoms with Crippen LogP contribution in [-0.2, 0) is 19.3 Å². The molecular formula is C46H48O10. The van der Waals surface area contributed by atoms with Gasteiger partial charge in [-0.1, -0.05) is 68.8 Å². The van der Waals surface area contributed by atoms with Crippen LogP contribution in [0.15, 0.2) is 127 Å². The molecule has 4 aromatic heterocycles. The van der Waals surface area contributed by atoms with Gasteiger partial charge >= 0.3 is 0 Å². The number of hydrogen-bond donors (Lipinski definition) is 5. The van der Waals surface area contributed by atoms with Crippen LogP contribution in [0.5, 0.6) is 11.5 Å². The molecule has 0 spiro atoms. The smallest absolute Gasteiger partial charge is 0.185 e. The zero-order chi connectivity index (χ0) is 40.4. The second-order valence-electron chi connectivity index (χ2n) is 13.1. The summed E-state index contributed by atoms with van der Waals surface area (Å²) in [5.74, 6) is 3.36. The van der Waals surface area contributed by atoms with E-state index in [1.807, 2.05) is 52.0 Å². The van der Waals surface area contributed by atoms with Gasteiger partial charge in [-0.25, -0.2) is 0 Å². The van der Waals surface area contributed by atoms with Crippen molar-refractivity contribution in [2.45, 2.75) is 72.2 Å². The van der Waals surface area contributed by atoms with Gasteiger partial charge in [0.25, 0.3) is 0 Å². The number of aldehydes is 1. The van der Waals surface area contributed by atoms with E-state index < -0.39 is 18.3 Å². The van der Waals surface area contributed by atoms with Gasteiger partial charge in [0.1, 0.15) is 64.4 Å². The quantitative estimate of drug-likeness (QED) is 0.0756. The molecule has 0 aliphatic heterocycles. The lowest BCUT2D eigenvalue weighted by atomic mass is 9.97. The fourth-order valence-electron chi connectivity index (χ4n) is 6.30. The van der Waals surface area contributed by atoms with Crippen LogP contribution < -0.4 is 0 Å². The minimum absolute atomic E-state index is 0.0532. The van der Waals surface area contributed by atoms with Crippen LogP contribution in [-0.4, -0.2) is 31.8 Å². The van der Waals surface area contributed by atoms with Gasteiger partial charge in [-0.05, 0) is 97.6 Å². The zero-order valence-corrected chi connectivity index (χ0v) is 32.1. The summed E-state index contributed by atoms with van der Waals surface area (Å²) in [6, 6.07) is 29.9. The minimum Gasteiger partial charge on any atom is -0.508 e. The molecule has 10 heteroatoms. The summed E-state index contributed by atoms with van der Waals surface area (Å²) >= 11 is 0. The van der Waals surface area contributed by atoms with Crippen molar-refractivity contribution in [1.82, 2.24) is 0 Å². The van der Waals surface area contributed by atoms with E-state index in [-0.39, 0.29) is 23.7 Å². The number of aryl methyl sites for hydroxylation is 3. The van der Waals surface area contributed by atoms with E-state index in [4.69, 9.17) is 17.7 Å². The van der Waals surface area contributed by atoms with E-state index >= 15 is 0 Å². The number of hydrogen-bond acceptors (Lipinski definition) is 10. The maximum absolute atomic E-state index is 11.2. The van der Waals surface area contributed by atoms with Crippen LogP contribution in [0.25, 0.3) is 0 Å². The highest BCUT2D eigenvalue weighted by molar-refractivity contribution is 5.70. The molecule has 0 aliphatic rings. The lowest BCUT2D eigenvalue weighted by molar-refractivity contribution is 0.109. The van der Waals surface area contributed by atoms with Crippen LogP contribution in [0.2, 0.25) is 0 Å². The Bertz CT molecular complexity index is 2310. The van der Waals surface area contributed by atoms with Crippen molar-refractivity contribution in [3.05, 3.63) is 189 Å². The van der Waals surface area contributed by atoms with Crippen LogP contribution in [0, 0.1) is 13.8 Å². The molecule has 292 valence electrons. The number of phenolic OH excluding ortho intramolecular Hbond substituents is 2. The standard InChI is InChI=1S/C33H32O7.C11H10O3.C2H6/c1-4-21-13-22(15-24(14-21)32(36)29-9-5-20(3)38-29)16-25-8-10-30(40-25)33(37)28-12-19(2)11-23(31(28)35)17-26-6-7-27(18-34)39-26;12-9-5-2-1-4-8(9)11(13)10-6-3-7-14-10;1-2/h5-15,18,32-33,35-37H,4,16-17H2,1-3H3;1-7,11-13H;1-2H3. The topological polar surface area (TPSA) is 171 Å². The SMILES string of the molecule is CC.CCc1cc(Cc2ccc(C(O)c3cc(C)cc(Cc4ccc(C=O)o4)c3O)o2)cc(C(O)c2ccc(C)o2)c1.Oc1ccccc1C(O)c1ccco1. The lowest BCUT2D eigenvalue weighted by Crippen LogP contribution is -2.02. The third-order valence-corrected chi connectivity index (χ3v) is 9.02. The fraction of sp³-hybridized carbons (Fsp3) is 0.239. The average Bonchev–Trinajstić information content (AvgIpc) is 4.06. The summed E-state index contributed by atoms with van der Waals surface area (Å²) in [5.41, 5.74) is 4.97. The molecule has 5 N–H and O–H groups in total. The van der Waals surface area contributed by atoms with E-state index in [0.29, 0.717) is 58.2 Å². The lowest BCUT2D eigenvalue weighted by Gasteiger charge is -2.15. The van der Waals surface area contributed by atoms with Gasteiger partial charge in [0, 0.05) is 29.5 Å². The maximum Gasteiger partial charge on any atom is 0.185 e. The van der Waals surface area contributed by atoms with Gasteiger partial charge in [-0.2, -0.15) is 0 Å². The Morgan fingerprint density at radius 3 is 1.98 bits per heavy atom. The first kappa shape index (κ1) is 41.1. The summed E-state index contributed by atoms with van der Waals surface area (Å²) in [6.45, 7) is 9.78. The van der Waals surface area contributed by atoms with Crippen LogP contribution in [0.1, 0.15) is 123 Å². The van der Waals surface area contributed by atoms with Crippen LogP contribution in [0.3, 0.4) is 0 Å². The first-order chi connectivity index (χ1) is 27.0. The molecule has 3 atom stereocenters. The van der Waals surface area contributed by atoms with Crippen molar-refractivity contribution >= 4 is 6.29 Å². The summed E-state index contributed by atoms with van der Waals surface area (Å²) in [6.07, 6.45) is 0.670. The van der Waals surface area contributed by atoms with Crippen molar-refractivity contribution in [2.24, 2.45) is 0 Å². The maximum atomic E-state index is 11.2. The van der Waals surface area contributed by atoms with E-state index in [2.05, 4.69) is 13.0 Å². The first-order valence-corrected chi connectivity index (χ1v) is 18.5. The van der Waals surface area contributed by atoms with Crippen molar-refractivity contribution in [1.29, 1.82) is 0 Å². The van der Waals surface area contributed by atoms with Crippen LogP contribution >= 0.6 is 0 Å². The number of carbonyl (C=O) groups excluding carboxylic acids is 1. The largest absolute Gasteiger partial charge is 0.508 e. The van der Waals surface area contributed by atoms with Crippen molar-refractivity contribution in [3.63, 3.8) is 0 Å². The summed E-state index contributed by atoms with van der Waals surface area (Å²) in [5, 5.41) is 52.4. The van der Waals surface area contributed by atoms with Gasteiger partial charge in [0.2, 0.25) is 0 Å². The monoisotopic (exact) mass is 760 g/mol. The molecule has 0 amide bonds. The van der Waals surface area contributed by atoms with Crippen LogP contribution in [0.4, 0.5) is 0 Å². The second-order valence-corrected chi connectivity index (χ2v) is 13.1. The van der Waals surface area contributed by atoms with Gasteiger partial charge in [-0.15, -0.1) is 0 Å². The number of phenols is 2. The second kappa shape index (κ2) is 19.0. The predicted molar refractivity (Wildman–Crippen MR) is 211 cm³/mol. The van der Waals surface area contributed by atoms with E-state index in [0.717, 1.165) is 34.4 Å². The fourth-order valence-corrected chi connectivity index (χ4v) is 6.30. The Morgan fingerprint density at radius 2 is 1.32 bits per heavy atom. The Hall–Kier alpha value is -6.07. The number of carbonyl (C=O) groups is 1. The summed E-state index contributed by atoms with van der Waals surface area (Å²) < 4.78 is 22.2. The van der Waals surface area contributed by atoms with Gasteiger partial charge in [0.05, 0.1) is 6.26 Å². The van der Waals surface area contributed by atoms with Crippen molar-refractivity contribution in [3.8, 4) is 11.5 Å². The molecule has 0 fully saturated rings. The highest BCUT2D eigenvalue weighted by Crippen LogP contribution is 2.36. The third-order valence-electron chi connectivity index (χ3n) is 9.02. The number of aliphatic hydroxyl groups excluding tert-OH is 3. The molecule has 0 radical (unpaired) electrons. The molecular weight excluding hydrogens is 712 g/mol. The molecule has 0 aliphatic carbocycles. The number of benzene rings is 3. The molecule has 3 aromatic carbocycles. The zero-order valence-electron chi connectivity index (χ0n) is 32.1. The van der Waals surface area contributed by atoms with Gasteiger partial charge in [-0.3, -0.25) is 4.79 Å². The molecule has 10 nitrogen and oxygen atoms in total. The number of rotatable bonds is 12. The van der Waals surface area contributed by atoms with Gasteiger partial charge < -0.3 is 43.2 Å². The molecule has 7 rings (SSSR count). The van der Waals surface area contributed by atoms with Crippen molar-refractivity contribution < 1.29 is 48.0 Å². The van der Waals surface area contributed by atoms with Crippen molar-refractivity contribution in [2.75, 3.05) is 0 Å². The van der Waals surface area contributed by atoms with E-state index in [1.54, 1.807) is 66.7 Å². The number of aromatic hydroxyl groups is 2. The predicted octanol–water partition coefficient (Wildman–Crippen LogP) is 9.60. The minimum atomic E-state index is -1.18. The average molecular weight is 761 g/mol. The Kier molecular flexibility index (Phi) is 13.9. The summed E-state index contributed by atoms with van der Waals surface area (Å²) in [7, 11) is 0. The Labute approximate surface area is 325 Å². The normalized spacial score (nSPS) is 12.5. The van der Waals surface area contributed by atoms with E-state index in [9.17, 15) is 30.3 Å². The molecule has 4 heterocycles. The van der Waals surface area contributed by atoms with Gasteiger partial charge in [0.15, 0.2) is 12.0 Å². The Morgan fingerprint density at radius 1 is 0.643 bits per heavy atom. The van der Waals surface area contributed by atoms with E-state index in [1.165, 1.54) is 12.3 Å². The molecule has 0 saturated carbocycles. The highest BCUT2D eigenvalue weighted by atomic mass is 16.4. The molecule has 7 aromatic rings. The number of furan rings is 4. The first-order valence-electron chi connectivity index (χ1n) is 18.5. The highest BCUT2D eigenvalue weighted by Gasteiger charge is 2.23. The molecule has 3 unspecified atom stereocenters. The summed E-state index contributed by atoms with van der Waals surface area (Å²) in [4.78, 5) is 10.9. The molecule has 56 heavy (non-hydrogen) atoms. The number of para-hydroxylation sites is 1. The number of aliphatic hydroxyl groups is 3. The third kappa shape index (κ3) is 9.96. The molecule has 0 saturated heterocycles.